The quantitative estimate of drug-likeness (QED) is 0.375. The standard InChI is InChI=1S/C9H11N3S2/c1-10-6-4-5-9(13-7-11-2)14-8-12-3/h9H,4-8H2. The Kier molecular flexibility index (Phi) is 9.64. The van der Waals surface area contributed by atoms with E-state index in [0.29, 0.717) is 22.9 Å². The first-order valence-electron chi connectivity index (χ1n) is 4.08. The number of nitrogens with zero attached hydrogens (tertiary/aromatic N) is 3. The molecule has 74 valence electrons. The summed E-state index contributed by atoms with van der Waals surface area (Å²) in [5.74, 6) is 0.904. The van der Waals surface area contributed by atoms with Gasteiger partial charge in [0.2, 0.25) is 6.54 Å². The van der Waals surface area contributed by atoms with E-state index in [9.17, 15) is 0 Å². The van der Waals surface area contributed by atoms with Crippen LogP contribution in [0.3, 0.4) is 0 Å². The third kappa shape index (κ3) is 7.80. The summed E-state index contributed by atoms with van der Waals surface area (Å²) in [5, 5.41) is 0. The number of hydrogen-bond donors (Lipinski definition) is 0. The monoisotopic (exact) mass is 225 g/mol. The molecule has 0 amide bonds. The van der Waals surface area contributed by atoms with Crippen molar-refractivity contribution >= 4 is 23.5 Å². The SMILES string of the molecule is [C-]#[N+]CCCC(SC[N+]#[C-])SC[N+]#[C-]. The lowest BCUT2D eigenvalue weighted by atomic mass is 10.3. The maximum absolute atomic E-state index is 6.67. The fourth-order valence-electron chi connectivity index (χ4n) is 0.793. The van der Waals surface area contributed by atoms with Crippen LogP contribution in [-0.2, 0) is 0 Å². The largest absolute Gasteiger partial charge is 0.317 e. The molecule has 0 unspecified atom stereocenters. The fraction of sp³-hybridized carbons (Fsp3) is 0.667. The summed E-state index contributed by atoms with van der Waals surface area (Å²) in [6.45, 7) is 20.5. The highest BCUT2D eigenvalue weighted by atomic mass is 32.2. The molecule has 0 rings (SSSR count). The van der Waals surface area contributed by atoms with Gasteiger partial charge < -0.3 is 14.5 Å². The Morgan fingerprint density at radius 1 is 0.929 bits per heavy atom. The lowest BCUT2D eigenvalue weighted by Gasteiger charge is -2.07. The predicted molar refractivity (Wildman–Crippen MR) is 62.6 cm³/mol. The first-order valence-corrected chi connectivity index (χ1v) is 6.17. The molecule has 0 radical (unpaired) electrons. The van der Waals surface area contributed by atoms with E-state index in [1.807, 2.05) is 0 Å². The highest BCUT2D eigenvalue weighted by Gasteiger charge is 2.12. The van der Waals surface area contributed by atoms with Crippen molar-refractivity contribution in [3.05, 3.63) is 34.3 Å². The summed E-state index contributed by atoms with van der Waals surface area (Å²) in [7, 11) is 0. The second-order valence-corrected chi connectivity index (χ2v) is 4.98. The highest BCUT2D eigenvalue weighted by molar-refractivity contribution is 8.17. The zero-order valence-electron chi connectivity index (χ0n) is 7.77. The molecule has 0 fully saturated rings. The second-order valence-electron chi connectivity index (χ2n) is 2.36. The van der Waals surface area contributed by atoms with Crippen LogP contribution in [0, 0.1) is 19.7 Å². The van der Waals surface area contributed by atoms with Gasteiger partial charge in [-0.25, -0.2) is 19.7 Å². The van der Waals surface area contributed by atoms with Crippen molar-refractivity contribution in [1.82, 2.24) is 0 Å². The molecule has 0 bridgehead atoms. The van der Waals surface area contributed by atoms with Crippen LogP contribution < -0.4 is 0 Å². The molecule has 3 nitrogen and oxygen atoms in total. The van der Waals surface area contributed by atoms with Gasteiger partial charge in [0.05, 0.1) is 4.58 Å². The maximum atomic E-state index is 6.67. The highest BCUT2D eigenvalue weighted by Crippen LogP contribution is 2.28. The van der Waals surface area contributed by atoms with E-state index in [-0.39, 0.29) is 0 Å². The minimum atomic E-state index is 0.306. The van der Waals surface area contributed by atoms with Gasteiger partial charge in [-0.1, -0.05) is 23.5 Å². The van der Waals surface area contributed by atoms with Crippen LogP contribution in [0.2, 0.25) is 0 Å². The van der Waals surface area contributed by atoms with Crippen LogP contribution in [0.25, 0.3) is 14.5 Å². The molecule has 0 spiro atoms. The van der Waals surface area contributed by atoms with Gasteiger partial charge in [0.1, 0.15) is 0 Å². The van der Waals surface area contributed by atoms with Gasteiger partial charge in [-0.05, 0) is 6.42 Å². The van der Waals surface area contributed by atoms with Crippen molar-refractivity contribution in [1.29, 1.82) is 0 Å². The molecule has 5 heteroatoms. The van der Waals surface area contributed by atoms with E-state index in [1.165, 1.54) is 0 Å². The van der Waals surface area contributed by atoms with E-state index < -0.39 is 0 Å². The summed E-state index contributed by atoms with van der Waals surface area (Å²) in [6, 6.07) is 0. The Morgan fingerprint density at radius 2 is 1.50 bits per heavy atom. The van der Waals surface area contributed by atoms with E-state index in [1.54, 1.807) is 23.5 Å². The summed E-state index contributed by atoms with van der Waals surface area (Å²) in [5.41, 5.74) is 0. The van der Waals surface area contributed by atoms with Crippen molar-refractivity contribution in [3.8, 4) is 0 Å². The topological polar surface area (TPSA) is 13.1 Å². The minimum absolute atomic E-state index is 0.306. The van der Waals surface area contributed by atoms with Crippen molar-refractivity contribution in [2.24, 2.45) is 0 Å². The van der Waals surface area contributed by atoms with Crippen LogP contribution in [0.1, 0.15) is 12.8 Å². The smallest absolute Gasteiger partial charge is 0.261 e. The molecule has 0 saturated heterocycles. The molecule has 0 aromatic heterocycles. The summed E-state index contributed by atoms with van der Waals surface area (Å²) in [6.07, 6.45) is 1.78. The molecule has 0 aromatic carbocycles. The molecular weight excluding hydrogens is 214 g/mol. The van der Waals surface area contributed by atoms with Crippen molar-refractivity contribution in [2.75, 3.05) is 18.3 Å². The summed E-state index contributed by atoms with van der Waals surface area (Å²) >= 11 is 3.15. The first kappa shape index (κ1) is 13.2. The first-order chi connectivity index (χ1) is 6.85. The van der Waals surface area contributed by atoms with Crippen molar-refractivity contribution in [3.63, 3.8) is 0 Å². The number of hydrogen-bond acceptors (Lipinski definition) is 2. The van der Waals surface area contributed by atoms with E-state index in [0.717, 1.165) is 12.8 Å². The molecule has 0 aliphatic heterocycles. The molecular formula is C9H11N3S2. The average Bonchev–Trinajstić information content (AvgIpc) is 2.21. The number of thioether (sulfide) groups is 2. The maximum Gasteiger partial charge on any atom is 0.261 e. The zero-order valence-corrected chi connectivity index (χ0v) is 9.40. The lowest BCUT2D eigenvalue weighted by molar-refractivity contribution is 0.846. The summed E-state index contributed by atoms with van der Waals surface area (Å²) in [4.78, 5) is 9.83. The molecule has 0 N–H and O–H groups in total. The molecule has 0 aliphatic carbocycles. The second kappa shape index (κ2) is 10.3. The predicted octanol–water partition coefficient (Wildman–Crippen LogP) is 3.23. The van der Waals surface area contributed by atoms with Crippen LogP contribution in [-0.4, -0.2) is 22.9 Å². The normalized spacial score (nSPS) is 9.00. The van der Waals surface area contributed by atoms with Crippen LogP contribution >= 0.6 is 23.5 Å². The molecule has 0 aromatic rings. The number of rotatable bonds is 7. The molecule has 0 atom stereocenters. The third-order valence-corrected chi connectivity index (χ3v) is 3.95. The van der Waals surface area contributed by atoms with Crippen molar-refractivity contribution in [2.45, 2.75) is 17.4 Å². The van der Waals surface area contributed by atoms with Gasteiger partial charge in [-0.2, -0.15) is 0 Å². The average molecular weight is 225 g/mol. The van der Waals surface area contributed by atoms with E-state index >= 15 is 0 Å². The van der Waals surface area contributed by atoms with Crippen LogP contribution in [0.5, 0.6) is 0 Å². The van der Waals surface area contributed by atoms with Crippen molar-refractivity contribution < 1.29 is 0 Å². The molecule has 0 heterocycles. The molecule has 14 heavy (non-hydrogen) atoms. The third-order valence-electron chi connectivity index (χ3n) is 1.36. The molecule has 0 aliphatic rings. The lowest BCUT2D eigenvalue weighted by Crippen LogP contribution is -1.99. The minimum Gasteiger partial charge on any atom is -0.317 e. The Balaban J connectivity index is 3.69. The fourth-order valence-corrected chi connectivity index (χ4v) is 2.69. The Hall–Kier alpha value is -0.830. The van der Waals surface area contributed by atoms with Gasteiger partial charge in [-0.15, -0.1) is 0 Å². The zero-order chi connectivity index (χ0) is 10.6. The van der Waals surface area contributed by atoms with Crippen LogP contribution in [0.15, 0.2) is 0 Å². The Labute approximate surface area is 93.7 Å². The van der Waals surface area contributed by atoms with E-state index in [2.05, 4.69) is 14.5 Å². The van der Waals surface area contributed by atoms with Gasteiger partial charge in [0.25, 0.3) is 11.8 Å². The summed E-state index contributed by atoms with van der Waals surface area (Å²) < 4.78 is 0.306. The van der Waals surface area contributed by atoms with Gasteiger partial charge in [0, 0.05) is 6.42 Å². The van der Waals surface area contributed by atoms with Gasteiger partial charge in [0.15, 0.2) is 0 Å². The Bertz CT molecular complexity index is 241. The van der Waals surface area contributed by atoms with E-state index in [4.69, 9.17) is 19.7 Å². The molecule has 0 saturated carbocycles. The Morgan fingerprint density at radius 3 is 1.93 bits per heavy atom. The van der Waals surface area contributed by atoms with Gasteiger partial charge >= 0.3 is 0 Å². The van der Waals surface area contributed by atoms with Crippen LogP contribution in [0.4, 0.5) is 0 Å². The van der Waals surface area contributed by atoms with Gasteiger partial charge in [-0.3, -0.25) is 0 Å².